The lowest BCUT2D eigenvalue weighted by atomic mass is 10.2. The number of thiophene rings is 1. The number of amides is 1. The molecule has 0 radical (unpaired) electrons. The molecule has 1 aliphatic heterocycles. The summed E-state index contributed by atoms with van der Waals surface area (Å²) in [5, 5.41) is 1.97. The van der Waals surface area contributed by atoms with Crippen LogP contribution in [0.15, 0.2) is 22.4 Å². The highest BCUT2D eigenvalue weighted by atomic mass is 32.2. The molecule has 0 saturated carbocycles. The van der Waals surface area contributed by atoms with E-state index in [0.717, 1.165) is 24.1 Å². The average Bonchev–Trinajstić information content (AvgIpc) is 3.15. The van der Waals surface area contributed by atoms with Crippen molar-refractivity contribution in [1.29, 1.82) is 0 Å². The number of hydrogen-bond donors (Lipinski definition) is 0. The summed E-state index contributed by atoms with van der Waals surface area (Å²) in [6.07, 6.45) is 5.82. The van der Waals surface area contributed by atoms with Crippen molar-refractivity contribution in [3.8, 4) is 0 Å². The van der Waals surface area contributed by atoms with Gasteiger partial charge in [-0.1, -0.05) is 49.8 Å². The molecule has 4 nitrogen and oxygen atoms in total. The summed E-state index contributed by atoms with van der Waals surface area (Å²) >= 11 is 8.18. The molecule has 0 aliphatic carbocycles. The highest BCUT2D eigenvalue weighted by Gasteiger charge is 2.31. The first kappa shape index (κ1) is 19.1. The fourth-order valence-corrected chi connectivity index (χ4v) is 4.22. The van der Waals surface area contributed by atoms with Crippen LogP contribution in [0, 0.1) is 0 Å². The van der Waals surface area contributed by atoms with E-state index >= 15 is 0 Å². The molecule has 0 bridgehead atoms. The van der Waals surface area contributed by atoms with Crippen LogP contribution in [0.25, 0.3) is 6.08 Å². The van der Waals surface area contributed by atoms with E-state index in [4.69, 9.17) is 17.0 Å². The molecule has 0 N–H and O–H groups in total. The molecule has 0 atom stereocenters. The number of esters is 1. The number of carbonyl (C=O) groups is 2. The molecule has 1 aromatic heterocycles. The summed E-state index contributed by atoms with van der Waals surface area (Å²) in [6, 6.07) is 3.91. The van der Waals surface area contributed by atoms with E-state index in [0.29, 0.717) is 35.2 Å². The van der Waals surface area contributed by atoms with Crippen molar-refractivity contribution >= 4 is 57.6 Å². The smallest absolute Gasteiger partial charge is 0.305 e. The Morgan fingerprint density at radius 3 is 2.92 bits per heavy atom. The average molecular weight is 384 g/mol. The monoisotopic (exact) mass is 383 g/mol. The van der Waals surface area contributed by atoms with Gasteiger partial charge in [-0.05, 0) is 30.4 Å². The molecular formula is C17H21NO3S3. The van der Waals surface area contributed by atoms with Crippen molar-refractivity contribution in [3.63, 3.8) is 0 Å². The third kappa shape index (κ3) is 5.72. The van der Waals surface area contributed by atoms with Crippen LogP contribution in [-0.4, -0.2) is 34.2 Å². The summed E-state index contributed by atoms with van der Waals surface area (Å²) in [5.74, 6) is -0.277. The van der Waals surface area contributed by atoms with Gasteiger partial charge in [-0.2, -0.15) is 0 Å². The quantitative estimate of drug-likeness (QED) is 0.273. The summed E-state index contributed by atoms with van der Waals surface area (Å²) < 4.78 is 5.72. The largest absolute Gasteiger partial charge is 0.466 e. The van der Waals surface area contributed by atoms with Gasteiger partial charge < -0.3 is 4.74 Å². The Morgan fingerprint density at radius 2 is 2.21 bits per heavy atom. The van der Waals surface area contributed by atoms with Gasteiger partial charge in [0.25, 0.3) is 5.91 Å². The number of carbonyl (C=O) groups excluding carboxylic acids is 2. The van der Waals surface area contributed by atoms with Gasteiger partial charge in [-0.25, -0.2) is 0 Å². The van der Waals surface area contributed by atoms with Crippen molar-refractivity contribution < 1.29 is 14.3 Å². The van der Waals surface area contributed by atoms with Gasteiger partial charge in [-0.15, -0.1) is 11.3 Å². The fraction of sp³-hybridized carbons (Fsp3) is 0.471. The molecule has 1 fully saturated rings. The lowest BCUT2D eigenvalue weighted by molar-refractivity contribution is -0.144. The molecule has 2 rings (SSSR count). The number of unbranched alkanes of at least 4 members (excludes halogenated alkanes) is 2. The number of ether oxygens (including phenoxy) is 1. The first-order chi connectivity index (χ1) is 11.6. The number of thioether (sulfide) groups is 1. The molecule has 0 spiro atoms. The number of thiocarbonyl (C=S) groups is 1. The van der Waals surface area contributed by atoms with Crippen LogP contribution in [0.4, 0.5) is 0 Å². The molecular weight excluding hydrogens is 362 g/mol. The van der Waals surface area contributed by atoms with Crippen molar-refractivity contribution in [2.75, 3.05) is 13.2 Å². The van der Waals surface area contributed by atoms with Gasteiger partial charge in [0.05, 0.1) is 11.5 Å². The van der Waals surface area contributed by atoms with Crippen molar-refractivity contribution in [3.05, 3.63) is 27.3 Å². The number of rotatable bonds is 9. The molecule has 0 unspecified atom stereocenters. The van der Waals surface area contributed by atoms with E-state index in [-0.39, 0.29) is 11.9 Å². The van der Waals surface area contributed by atoms with Crippen molar-refractivity contribution in [1.82, 2.24) is 4.90 Å². The Balaban J connectivity index is 1.76. The lowest BCUT2D eigenvalue weighted by Crippen LogP contribution is -2.29. The topological polar surface area (TPSA) is 46.6 Å². The minimum absolute atomic E-state index is 0.0743. The van der Waals surface area contributed by atoms with Crippen LogP contribution < -0.4 is 0 Å². The summed E-state index contributed by atoms with van der Waals surface area (Å²) in [4.78, 5) is 27.3. The second kappa shape index (κ2) is 9.96. The zero-order chi connectivity index (χ0) is 17.4. The number of nitrogens with zero attached hydrogens (tertiary/aromatic N) is 1. The second-order valence-electron chi connectivity index (χ2n) is 5.38. The SMILES string of the molecule is CCCCCOC(=O)CCCN1C(=O)C(=Cc2cccs2)SC1=S. The predicted molar refractivity (Wildman–Crippen MR) is 104 cm³/mol. The minimum atomic E-state index is -0.203. The molecule has 1 amide bonds. The van der Waals surface area contributed by atoms with Crippen LogP contribution in [0.5, 0.6) is 0 Å². The van der Waals surface area contributed by atoms with Crippen LogP contribution in [0.1, 0.15) is 43.9 Å². The first-order valence-electron chi connectivity index (χ1n) is 8.06. The maximum absolute atomic E-state index is 12.4. The van der Waals surface area contributed by atoms with Crippen molar-refractivity contribution in [2.45, 2.75) is 39.0 Å². The fourth-order valence-electron chi connectivity index (χ4n) is 2.19. The molecule has 130 valence electrons. The van der Waals surface area contributed by atoms with Crippen LogP contribution in [0.2, 0.25) is 0 Å². The molecule has 7 heteroatoms. The number of hydrogen-bond acceptors (Lipinski definition) is 6. The minimum Gasteiger partial charge on any atom is -0.466 e. The molecule has 1 aromatic rings. The second-order valence-corrected chi connectivity index (χ2v) is 8.03. The van der Waals surface area contributed by atoms with Gasteiger partial charge in [0.2, 0.25) is 0 Å². The summed E-state index contributed by atoms with van der Waals surface area (Å²) in [6.45, 7) is 3.05. The van der Waals surface area contributed by atoms with Crippen LogP contribution >= 0.6 is 35.3 Å². The zero-order valence-corrected chi connectivity index (χ0v) is 16.1. The van der Waals surface area contributed by atoms with E-state index in [1.54, 1.807) is 16.2 Å². The van der Waals surface area contributed by atoms with E-state index in [9.17, 15) is 9.59 Å². The molecule has 2 heterocycles. The maximum atomic E-state index is 12.4. The summed E-state index contributed by atoms with van der Waals surface area (Å²) in [5.41, 5.74) is 0. The van der Waals surface area contributed by atoms with E-state index in [1.165, 1.54) is 11.8 Å². The molecule has 1 saturated heterocycles. The van der Waals surface area contributed by atoms with Crippen LogP contribution in [0.3, 0.4) is 0 Å². The van der Waals surface area contributed by atoms with Gasteiger partial charge in [0, 0.05) is 17.8 Å². The highest BCUT2D eigenvalue weighted by molar-refractivity contribution is 8.26. The molecule has 1 aliphatic rings. The highest BCUT2D eigenvalue weighted by Crippen LogP contribution is 2.33. The predicted octanol–water partition coefficient (Wildman–Crippen LogP) is 4.46. The Bertz CT molecular complexity index is 611. The molecule has 24 heavy (non-hydrogen) atoms. The lowest BCUT2D eigenvalue weighted by Gasteiger charge is -2.13. The van der Waals surface area contributed by atoms with Gasteiger partial charge in [0.1, 0.15) is 4.32 Å². The third-order valence-corrected chi connectivity index (χ3v) is 5.66. The van der Waals surface area contributed by atoms with E-state index < -0.39 is 0 Å². The summed E-state index contributed by atoms with van der Waals surface area (Å²) in [7, 11) is 0. The third-order valence-electron chi connectivity index (χ3n) is 3.46. The van der Waals surface area contributed by atoms with Gasteiger partial charge >= 0.3 is 5.97 Å². The Morgan fingerprint density at radius 1 is 1.38 bits per heavy atom. The van der Waals surface area contributed by atoms with Crippen LogP contribution in [-0.2, 0) is 14.3 Å². The standard InChI is InChI=1S/C17H21NO3S3/c1-2-3-4-10-21-15(19)8-5-9-18-16(20)14(24-17(18)22)12-13-7-6-11-23-13/h6-7,11-12H,2-5,8-10H2,1H3. The Hall–Kier alpha value is -1.18. The van der Waals surface area contributed by atoms with Gasteiger partial charge in [-0.3, -0.25) is 14.5 Å². The first-order valence-corrected chi connectivity index (χ1v) is 10.2. The zero-order valence-electron chi connectivity index (χ0n) is 13.7. The van der Waals surface area contributed by atoms with Crippen molar-refractivity contribution in [2.24, 2.45) is 0 Å². The van der Waals surface area contributed by atoms with E-state index in [2.05, 4.69) is 6.92 Å². The Labute approximate surface area is 156 Å². The molecule has 0 aromatic carbocycles. The van der Waals surface area contributed by atoms with E-state index in [1.807, 2.05) is 23.6 Å². The van der Waals surface area contributed by atoms with Gasteiger partial charge in [0.15, 0.2) is 0 Å². The maximum Gasteiger partial charge on any atom is 0.305 e. The Kier molecular flexibility index (Phi) is 7.94. The normalized spacial score (nSPS) is 16.2.